The van der Waals surface area contributed by atoms with Crippen molar-refractivity contribution in [2.45, 2.75) is 42.4 Å². The van der Waals surface area contributed by atoms with E-state index in [4.69, 9.17) is 4.74 Å². The predicted molar refractivity (Wildman–Crippen MR) is 141 cm³/mol. The first kappa shape index (κ1) is 24.4. The zero-order valence-corrected chi connectivity index (χ0v) is 20.9. The Bertz CT molecular complexity index is 1360. The number of hydrogen-bond donors (Lipinski definition) is 3. The van der Waals surface area contributed by atoms with Crippen molar-refractivity contribution in [3.05, 3.63) is 94.9 Å². The van der Waals surface area contributed by atoms with E-state index in [0.717, 1.165) is 34.9 Å². The summed E-state index contributed by atoms with van der Waals surface area (Å²) in [6, 6.07) is 18.2. The largest absolute Gasteiger partial charge is 0.493 e. The number of hydrogen-bond acceptors (Lipinski definition) is 4. The lowest BCUT2D eigenvalue weighted by Crippen LogP contribution is -2.39. The van der Waals surface area contributed by atoms with Gasteiger partial charge in [0.15, 0.2) is 0 Å². The highest BCUT2D eigenvalue weighted by atomic mass is 32.2. The smallest absolute Gasteiger partial charge is 0.255 e. The maximum atomic E-state index is 13.8. The highest BCUT2D eigenvalue weighted by molar-refractivity contribution is 7.99. The molecule has 2 unspecified atom stereocenters. The van der Waals surface area contributed by atoms with Gasteiger partial charge in [-0.3, -0.25) is 4.79 Å². The van der Waals surface area contributed by atoms with Crippen LogP contribution in [0.5, 0.6) is 5.75 Å². The van der Waals surface area contributed by atoms with Gasteiger partial charge in [-0.15, -0.1) is 11.8 Å². The SMILES string of the molecule is CCCOc1ccc(C2Cc3ccccc3S2)cc1C(=O)NC(CO)Cc1c[nH]c2ccc(F)cc12. The van der Waals surface area contributed by atoms with E-state index < -0.39 is 6.04 Å². The number of carbonyl (C=O) groups excluding carboxylic acids is 1. The van der Waals surface area contributed by atoms with E-state index in [2.05, 4.69) is 28.5 Å². The van der Waals surface area contributed by atoms with Crippen LogP contribution in [0.15, 0.2) is 71.8 Å². The van der Waals surface area contributed by atoms with Gasteiger partial charge in [0.2, 0.25) is 0 Å². The molecule has 0 saturated carbocycles. The van der Waals surface area contributed by atoms with Crippen LogP contribution in [-0.2, 0) is 12.8 Å². The van der Waals surface area contributed by atoms with Gasteiger partial charge in [-0.05, 0) is 72.4 Å². The van der Waals surface area contributed by atoms with Crippen molar-refractivity contribution >= 4 is 28.6 Å². The Labute approximate surface area is 214 Å². The predicted octanol–water partition coefficient (Wildman–Crippen LogP) is 5.82. The van der Waals surface area contributed by atoms with E-state index in [1.165, 1.54) is 22.6 Å². The topological polar surface area (TPSA) is 74.3 Å². The molecule has 2 atom stereocenters. The van der Waals surface area contributed by atoms with Crippen LogP contribution in [0.1, 0.15) is 45.6 Å². The quantitative estimate of drug-likeness (QED) is 0.269. The molecule has 5 rings (SSSR count). The second-order valence-electron chi connectivity index (χ2n) is 9.08. The van der Waals surface area contributed by atoms with Gasteiger partial charge in [0.1, 0.15) is 11.6 Å². The lowest BCUT2D eigenvalue weighted by Gasteiger charge is -2.19. The number of benzene rings is 3. The fraction of sp³-hybridized carbons (Fsp3) is 0.276. The molecule has 2 heterocycles. The summed E-state index contributed by atoms with van der Waals surface area (Å²) in [7, 11) is 0. The summed E-state index contributed by atoms with van der Waals surface area (Å²) in [5.41, 5.74) is 4.49. The van der Waals surface area contributed by atoms with Gasteiger partial charge in [0.25, 0.3) is 5.91 Å². The number of nitrogens with one attached hydrogen (secondary N) is 2. The van der Waals surface area contributed by atoms with Crippen LogP contribution in [0.2, 0.25) is 0 Å². The number of aliphatic hydroxyl groups excluding tert-OH is 1. The number of ether oxygens (including phenoxy) is 1. The van der Waals surface area contributed by atoms with Crippen LogP contribution in [-0.4, -0.2) is 35.3 Å². The fourth-order valence-electron chi connectivity index (χ4n) is 4.64. The zero-order valence-electron chi connectivity index (χ0n) is 20.1. The van der Waals surface area contributed by atoms with Crippen LogP contribution >= 0.6 is 11.8 Å². The molecule has 5 nitrogen and oxygen atoms in total. The Morgan fingerprint density at radius 1 is 1.22 bits per heavy atom. The summed E-state index contributed by atoms with van der Waals surface area (Å²) in [4.78, 5) is 17.9. The molecular formula is C29H29FN2O3S. The minimum Gasteiger partial charge on any atom is -0.493 e. The maximum absolute atomic E-state index is 13.8. The molecule has 0 spiro atoms. The minimum absolute atomic E-state index is 0.226. The third-order valence-corrected chi connectivity index (χ3v) is 7.86. The maximum Gasteiger partial charge on any atom is 0.255 e. The summed E-state index contributed by atoms with van der Waals surface area (Å²) < 4.78 is 19.7. The minimum atomic E-state index is -0.535. The number of fused-ring (bicyclic) bond motifs is 2. The standard InChI is InChI=1S/C29H29FN2O3S/c1-2-11-35-26-10-7-19(28-14-18-5-3-4-6-27(18)36-28)13-24(26)29(34)32-22(17-33)12-20-16-31-25-9-8-21(30)15-23(20)25/h3-10,13,15-16,22,28,31,33H,2,11-12,14,17H2,1H3,(H,32,34). The Hall–Kier alpha value is -3.29. The van der Waals surface area contributed by atoms with Crippen LogP contribution < -0.4 is 10.1 Å². The van der Waals surface area contributed by atoms with Crippen LogP contribution in [0.25, 0.3) is 10.9 Å². The molecule has 0 aliphatic carbocycles. The number of aliphatic hydroxyl groups is 1. The highest BCUT2D eigenvalue weighted by Crippen LogP contribution is 2.46. The molecule has 0 radical (unpaired) electrons. The molecule has 7 heteroatoms. The number of carbonyl (C=O) groups is 1. The van der Waals surface area contributed by atoms with Gasteiger partial charge in [-0.1, -0.05) is 31.2 Å². The van der Waals surface area contributed by atoms with E-state index in [1.54, 1.807) is 12.3 Å². The van der Waals surface area contributed by atoms with Crippen molar-refractivity contribution in [2.24, 2.45) is 0 Å². The summed E-state index contributed by atoms with van der Waals surface area (Å²) in [5, 5.41) is 14.0. The average molecular weight is 505 g/mol. The van der Waals surface area contributed by atoms with E-state index >= 15 is 0 Å². The Morgan fingerprint density at radius 3 is 2.89 bits per heavy atom. The molecule has 4 aromatic rings. The van der Waals surface area contributed by atoms with Gasteiger partial charge >= 0.3 is 0 Å². The van der Waals surface area contributed by atoms with E-state index in [-0.39, 0.29) is 23.6 Å². The van der Waals surface area contributed by atoms with E-state index in [9.17, 15) is 14.3 Å². The van der Waals surface area contributed by atoms with Crippen LogP contribution in [0, 0.1) is 5.82 Å². The number of thioether (sulfide) groups is 1. The molecular weight excluding hydrogens is 475 g/mol. The van der Waals surface area contributed by atoms with Gasteiger partial charge in [0, 0.05) is 27.2 Å². The van der Waals surface area contributed by atoms with Crippen molar-refractivity contribution in [1.82, 2.24) is 10.3 Å². The third kappa shape index (κ3) is 5.13. The number of aromatic nitrogens is 1. The molecule has 3 aromatic carbocycles. The Balaban J connectivity index is 1.37. The summed E-state index contributed by atoms with van der Waals surface area (Å²) >= 11 is 1.81. The molecule has 0 saturated heterocycles. The first-order valence-electron chi connectivity index (χ1n) is 12.2. The molecule has 1 aromatic heterocycles. The molecule has 0 fully saturated rings. The Kier molecular flexibility index (Phi) is 7.30. The second-order valence-corrected chi connectivity index (χ2v) is 10.3. The Morgan fingerprint density at radius 2 is 2.08 bits per heavy atom. The molecule has 1 aliphatic rings. The summed E-state index contributed by atoms with van der Waals surface area (Å²) in [6.07, 6.45) is 3.90. The number of aromatic amines is 1. The molecule has 1 aliphatic heterocycles. The van der Waals surface area contributed by atoms with Crippen LogP contribution in [0.4, 0.5) is 4.39 Å². The molecule has 0 bridgehead atoms. The first-order valence-corrected chi connectivity index (χ1v) is 13.1. The number of halogens is 1. The molecule has 186 valence electrons. The molecule has 3 N–H and O–H groups in total. The van der Waals surface area contributed by atoms with Gasteiger partial charge in [0.05, 0.1) is 24.8 Å². The fourth-order valence-corrected chi connectivity index (χ4v) is 5.95. The lowest BCUT2D eigenvalue weighted by atomic mass is 10.0. The van der Waals surface area contributed by atoms with Crippen molar-refractivity contribution in [1.29, 1.82) is 0 Å². The monoisotopic (exact) mass is 504 g/mol. The van der Waals surface area contributed by atoms with Crippen molar-refractivity contribution < 1.29 is 19.0 Å². The van der Waals surface area contributed by atoms with E-state index in [0.29, 0.717) is 24.3 Å². The number of amides is 1. The number of rotatable bonds is 9. The summed E-state index contributed by atoms with van der Waals surface area (Å²) in [5.74, 6) is -0.0904. The third-order valence-electron chi connectivity index (χ3n) is 6.48. The molecule has 1 amide bonds. The molecule has 36 heavy (non-hydrogen) atoms. The first-order chi connectivity index (χ1) is 17.6. The number of H-pyrrole nitrogens is 1. The zero-order chi connectivity index (χ0) is 25.1. The normalized spacial score (nSPS) is 15.6. The van der Waals surface area contributed by atoms with Crippen molar-refractivity contribution in [3.8, 4) is 5.75 Å². The van der Waals surface area contributed by atoms with Gasteiger partial charge < -0.3 is 20.1 Å². The lowest BCUT2D eigenvalue weighted by molar-refractivity contribution is 0.0912. The van der Waals surface area contributed by atoms with Crippen molar-refractivity contribution in [2.75, 3.05) is 13.2 Å². The highest BCUT2D eigenvalue weighted by Gasteiger charge is 2.26. The van der Waals surface area contributed by atoms with Gasteiger partial charge in [-0.25, -0.2) is 4.39 Å². The second kappa shape index (κ2) is 10.8. The van der Waals surface area contributed by atoms with Crippen molar-refractivity contribution in [3.63, 3.8) is 0 Å². The van der Waals surface area contributed by atoms with Crippen LogP contribution in [0.3, 0.4) is 0 Å². The van der Waals surface area contributed by atoms with E-state index in [1.807, 2.05) is 43.0 Å². The average Bonchev–Trinajstić information content (AvgIpc) is 3.51. The summed E-state index contributed by atoms with van der Waals surface area (Å²) in [6.45, 7) is 2.28. The van der Waals surface area contributed by atoms with Gasteiger partial charge in [-0.2, -0.15) is 0 Å².